The van der Waals surface area contributed by atoms with Gasteiger partial charge in [0.25, 0.3) is 0 Å². The number of alkyl halides is 2. The molecule has 146 valence electrons. The molecule has 2 N–H and O–H groups in total. The first-order valence-corrected chi connectivity index (χ1v) is 8.55. The SMILES string of the molecule is CN=C(NCc1cccc(OC)n1)NCc1cc(Cl)cc(Cl)c1OC(F)F. The molecule has 0 atom stereocenters. The average Bonchev–Trinajstić information content (AvgIpc) is 2.64. The molecule has 0 amide bonds. The molecule has 1 heterocycles. The van der Waals surface area contributed by atoms with E-state index in [2.05, 4.69) is 25.3 Å². The molecule has 10 heteroatoms. The molecule has 1 aromatic carbocycles. The summed E-state index contributed by atoms with van der Waals surface area (Å²) in [5, 5.41) is 6.36. The van der Waals surface area contributed by atoms with Gasteiger partial charge in [-0.3, -0.25) is 4.99 Å². The lowest BCUT2D eigenvalue weighted by Gasteiger charge is -2.16. The maximum Gasteiger partial charge on any atom is 0.387 e. The van der Waals surface area contributed by atoms with E-state index in [-0.39, 0.29) is 17.3 Å². The Labute approximate surface area is 165 Å². The van der Waals surface area contributed by atoms with Gasteiger partial charge >= 0.3 is 6.61 Å². The van der Waals surface area contributed by atoms with E-state index in [1.807, 2.05) is 12.1 Å². The quantitative estimate of drug-likeness (QED) is 0.527. The lowest BCUT2D eigenvalue weighted by molar-refractivity contribution is -0.0504. The van der Waals surface area contributed by atoms with Gasteiger partial charge < -0.3 is 20.1 Å². The number of pyridine rings is 1. The number of hydrogen-bond acceptors (Lipinski definition) is 4. The van der Waals surface area contributed by atoms with Crippen molar-refractivity contribution in [1.29, 1.82) is 0 Å². The fourth-order valence-electron chi connectivity index (χ4n) is 2.21. The Bertz CT molecular complexity index is 806. The lowest BCUT2D eigenvalue weighted by Crippen LogP contribution is -2.36. The van der Waals surface area contributed by atoms with E-state index in [0.29, 0.717) is 29.0 Å². The topological polar surface area (TPSA) is 67.8 Å². The first-order chi connectivity index (χ1) is 12.9. The van der Waals surface area contributed by atoms with Crippen LogP contribution in [0.4, 0.5) is 8.78 Å². The number of nitrogens with one attached hydrogen (secondary N) is 2. The van der Waals surface area contributed by atoms with Crippen molar-refractivity contribution in [3.63, 3.8) is 0 Å². The van der Waals surface area contributed by atoms with Crippen molar-refractivity contribution in [3.05, 3.63) is 51.6 Å². The van der Waals surface area contributed by atoms with Crippen LogP contribution < -0.4 is 20.1 Å². The molecule has 0 radical (unpaired) electrons. The first kappa shape index (κ1) is 21.0. The van der Waals surface area contributed by atoms with Crippen LogP contribution in [-0.2, 0) is 13.1 Å². The van der Waals surface area contributed by atoms with Crippen molar-refractivity contribution in [2.75, 3.05) is 14.2 Å². The number of aromatic nitrogens is 1. The summed E-state index contributed by atoms with van der Waals surface area (Å²) in [6.07, 6.45) is 0. The molecule has 0 aliphatic rings. The Morgan fingerprint density at radius 1 is 1.22 bits per heavy atom. The van der Waals surface area contributed by atoms with Crippen molar-refractivity contribution in [2.45, 2.75) is 19.7 Å². The van der Waals surface area contributed by atoms with Gasteiger partial charge in [0.2, 0.25) is 5.88 Å². The minimum absolute atomic E-state index is 0.00290. The molecule has 2 rings (SSSR count). The standard InChI is InChI=1S/C17H18Cl2F2N4O2/c1-22-17(24-9-12-4-3-5-14(25-12)26-2)23-8-10-6-11(18)7-13(19)15(10)27-16(20)21/h3-7,16H,8-9H2,1-2H3,(H2,22,23,24). The molecule has 0 bridgehead atoms. The number of aliphatic imine (C=N–C) groups is 1. The largest absolute Gasteiger partial charge is 0.481 e. The molecule has 0 aliphatic carbocycles. The van der Waals surface area contributed by atoms with Crippen LogP contribution in [0.3, 0.4) is 0 Å². The van der Waals surface area contributed by atoms with Crippen LogP contribution in [0.2, 0.25) is 10.0 Å². The molecule has 0 aliphatic heterocycles. The number of halogens is 4. The highest BCUT2D eigenvalue weighted by Gasteiger charge is 2.15. The summed E-state index contributed by atoms with van der Waals surface area (Å²) >= 11 is 11.9. The van der Waals surface area contributed by atoms with Gasteiger partial charge in [-0.25, -0.2) is 4.98 Å². The van der Waals surface area contributed by atoms with E-state index in [1.165, 1.54) is 19.2 Å². The van der Waals surface area contributed by atoms with Crippen molar-refractivity contribution >= 4 is 29.2 Å². The summed E-state index contributed by atoms with van der Waals surface area (Å²) in [5.74, 6) is 0.798. The van der Waals surface area contributed by atoms with E-state index in [1.54, 1.807) is 13.1 Å². The Balaban J connectivity index is 2.03. The van der Waals surface area contributed by atoms with Crippen LogP contribution >= 0.6 is 23.2 Å². The summed E-state index contributed by atoms with van der Waals surface area (Å²) in [5.41, 5.74) is 1.11. The third-order valence-corrected chi connectivity index (χ3v) is 3.89. The first-order valence-electron chi connectivity index (χ1n) is 7.80. The predicted molar refractivity (Wildman–Crippen MR) is 101 cm³/mol. The lowest BCUT2D eigenvalue weighted by atomic mass is 10.2. The fraction of sp³-hybridized carbons (Fsp3) is 0.294. The molecule has 0 spiro atoms. The number of nitrogens with zero attached hydrogens (tertiary/aromatic N) is 2. The zero-order chi connectivity index (χ0) is 19.8. The summed E-state index contributed by atoms with van der Waals surface area (Å²) in [6.45, 7) is -2.50. The van der Waals surface area contributed by atoms with Crippen LogP contribution in [0.1, 0.15) is 11.3 Å². The van der Waals surface area contributed by atoms with E-state index < -0.39 is 6.61 Å². The minimum atomic E-state index is -3.00. The molecular formula is C17H18Cl2F2N4O2. The van der Waals surface area contributed by atoms with Crippen molar-refractivity contribution in [2.24, 2.45) is 4.99 Å². The van der Waals surface area contributed by atoms with E-state index >= 15 is 0 Å². The molecule has 0 saturated heterocycles. The average molecular weight is 419 g/mol. The van der Waals surface area contributed by atoms with Crippen LogP contribution in [-0.4, -0.2) is 31.7 Å². The van der Waals surface area contributed by atoms with Gasteiger partial charge in [-0.05, 0) is 18.2 Å². The minimum Gasteiger partial charge on any atom is -0.481 e. The maximum absolute atomic E-state index is 12.6. The predicted octanol–water partition coefficient (Wildman–Crippen LogP) is 3.86. The number of benzene rings is 1. The molecule has 2 aromatic rings. The zero-order valence-electron chi connectivity index (χ0n) is 14.6. The summed E-state index contributed by atoms with van der Waals surface area (Å²) in [7, 11) is 3.12. The second-order valence-electron chi connectivity index (χ2n) is 5.20. The van der Waals surface area contributed by atoms with Gasteiger partial charge in [0, 0.05) is 30.2 Å². The van der Waals surface area contributed by atoms with Gasteiger partial charge in [-0.15, -0.1) is 0 Å². The number of hydrogen-bond donors (Lipinski definition) is 2. The molecule has 0 fully saturated rings. The second kappa shape index (κ2) is 10.1. The Morgan fingerprint density at radius 3 is 2.63 bits per heavy atom. The monoisotopic (exact) mass is 418 g/mol. The van der Waals surface area contributed by atoms with Crippen LogP contribution in [0.5, 0.6) is 11.6 Å². The third kappa shape index (κ3) is 6.41. The van der Waals surface area contributed by atoms with Crippen LogP contribution in [0.15, 0.2) is 35.3 Å². The van der Waals surface area contributed by atoms with Gasteiger partial charge in [0.15, 0.2) is 5.96 Å². The van der Waals surface area contributed by atoms with Gasteiger partial charge in [-0.1, -0.05) is 29.3 Å². The van der Waals surface area contributed by atoms with Crippen molar-refractivity contribution in [3.8, 4) is 11.6 Å². The summed E-state index contributed by atoms with van der Waals surface area (Å²) in [4.78, 5) is 8.36. The normalized spacial score (nSPS) is 11.4. The number of guanidine groups is 1. The van der Waals surface area contributed by atoms with E-state index in [0.717, 1.165) is 5.69 Å². The highest BCUT2D eigenvalue weighted by Crippen LogP contribution is 2.33. The molecule has 6 nitrogen and oxygen atoms in total. The highest BCUT2D eigenvalue weighted by molar-refractivity contribution is 6.35. The highest BCUT2D eigenvalue weighted by atomic mass is 35.5. The second-order valence-corrected chi connectivity index (χ2v) is 6.05. The molecule has 0 unspecified atom stereocenters. The smallest absolute Gasteiger partial charge is 0.387 e. The number of methoxy groups -OCH3 is 1. The summed E-state index contributed by atoms with van der Waals surface area (Å²) in [6, 6.07) is 8.22. The molecule has 1 aromatic heterocycles. The van der Waals surface area contributed by atoms with Crippen molar-refractivity contribution in [1.82, 2.24) is 15.6 Å². The van der Waals surface area contributed by atoms with E-state index in [9.17, 15) is 8.78 Å². The van der Waals surface area contributed by atoms with Gasteiger partial charge in [0.1, 0.15) is 5.75 Å². The number of ether oxygens (including phenoxy) is 2. The Hall–Kier alpha value is -2.32. The third-order valence-electron chi connectivity index (χ3n) is 3.39. The maximum atomic E-state index is 12.6. The van der Waals surface area contributed by atoms with E-state index in [4.69, 9.17) is 27.9 Å². The van der Waals surface area contributed by atoms with Crippen LogP contribution in [0, 0.1) is 0 Å². The van der Waals surface area contributed by atoms with Crippen LogP contribution in [0.25, 0.3) is 0 Å². The summed E-state index contributed by atoms with van der Waals surface area (Å²) < 4.78 is 34.8. The molecule has 27 heavy (non-hydrogen) atoms. The van der Waals surface area contributed by atoms with Crippen molar-refractivity contribution < 1.29 is 18.3 Å². The number of rotatable bonds is 7. The fourth-order valence-corrected chi connectivity index (χ4v) is 2.79. The van der Waals surface area contributed by atoms with Gasteiger partial charge in [-0.2, -0.15) is 8.78 Å². The van der Waals surface area contributed by atoms with Gasteiger partial charge in [0.05, 0.1) is 24.4 Å². The zero-order valence-corrected chi connectivity index (χ0v) is 16.1. The molecule has 0 saturated carbocycles. The Kier molecular flexibility index (Phi) is 7.87. The molecular weight excluding hydrogens is 401 g/mol. The Morgan fingerprint density at radius 2 is 1.96 bits per heavy atom.